The number of anilines is 1. The SMILES string of the molecule is NC(C(=O)Nc1ccc(Cl)c(Cl)c1)C1CCOCC1. The molecule has 1 heterocycles. The molecule has 104 valence electrons. The standard InChI is InChI=1S/C13H16Cl2N2O2/c14-10-2-1-9(7-11(10)15)17-13(18)12(16)8-3-5-19-6-4-8/h1-2,7-8,12H,3-6,16H2,(H,17,18). The van der Waals surface area contributed by atoms with Gasteiger partial charge in [-0.05, 0) is 37.0 Å². The van der Waals surface area contributed by atoms with Crippen LogP contribution in [-0.4, -0.2) is 25.2 Å². The van der Waals surface area contributed by atoms with Crippen LogP contribution in [-0.2, 0) is 9.53 Å². The van der Waals surface area contributed by atoms with Gasteiger partial charge in [0.25, 0.3) is 0 Å². The molecule has 1 aromatic carbocycles. The first-order valence-electron chi connectivity index (χ1n) is 6.17. The predicted molar refractivity (Wildman–Crippen MR) is 76.6 cm³/mol. The Morgan fingerprint density at radius 3 is 2.63 bits per heavy atom. The Kier molecular flexibility index (Phi) is 5.05. The molecule has 0 aromatic heterocycles. The van der Waals surface area contributed by atoms with Crippen LogP contribution in [0.25, 0.3) is 0 Å². The monoisotopic (exact) mass is 302 g/mol. The third-order valence-electron chi connectivity index (χ3n) is 3.26. The van der Waals surface area contributed by atoms with Crippen LogP contribution in [0.2, 0.25) is 10.0 Å². The van der Waals surface area contributed by atoms with Crippen molar-refractivity contribution < 1.29 is 9.53 Å². The number of ether oxygens (including phenoxy) is 1. The van der Waals surface area contributed by atoms with Gasteiger partial charge < -0.3 is 15.8 Å². The van der Waals surface area contributed by atoms with E-state index >= 15 is 0 Å². The maximum absolute atomic E-state index is 12.1. The largest absolute Gasteiger partial charge is 0.381 e. The van der Waals surface area contributed by atoms with Crippen LogP contribution in [0.15, 0.2) is 18.2 Å². The van der Waals surface area contributed by atoms with Crippen LogP contribution in [0.4, 0.5) is 5.69 Å². The van der Waals surface area contributed by atoms with E-state index < -0.39 is 6.04 Å². The normalized spacial score (nSPS) is 18.1. The molecular weight excluding hydrogens is 287 g/mol. The number of rotatable bonds is 3. The zero-order valence-electron chi connectivity index (χ0n) is 10.4. The number of halogens is 2. The Morgan fingerprint density at radius 1 is 1.32 bits per heavy atom. The highest BCUT2D eigenvalue weighted by atomic mass is 35.5. The van der Waals surface area contributed by atoms with E-state index in [4.69, 9.17) is 33.7 Å². The molecule has 0 bridgehead atoms. The second-order valence-electron chi connectivity index (χ2n) is 4.59. The summed E-state index contributed by atoms with van der Waals surface area (Å²) in [7, 11) is 0. The lowest BCUT2D eigenvalue weighted by molar-refractivity contribution is -0.119. The summed E-state index contributed by atoms with van der Waals surface area (Å²) in [4.78, 5) is 12.1. The molecule has 1 saturated heterocycles. The fourth-order valence-electron chi connectivity index (χ4n) is 2.09. The average Bonchev–Trinajstić information content (AvgIpc) is 2.43. The molecule has 19 heavy (non-hydrogen) atoms. The molecule has 1 aliphatic rings. The molecule has 0 spiro atoms. The third-order valence-corrected chi connectivity index (χ3v) is 4.00. The van der Waals surface area contributed by atoms with Crippen LogP contribution >= 0.6 is 23.2 Å². The third kappa shape index (κ3) is 3.83. The average molecular weight is 303 g/mol. The molecule has 0 aliphatic carbocycles. The van der Waals surface area contributed by atoms with E-state index in [1.54, 1.807) is 18.2 Å². The lowest BCUT2D eigenvalue weighted by atomic mass is 9.92. The minimum absolute atomic E-state index is 0.163. The predicted octanol–water partition coefficient (Wildman–Crippen LogP) is 2.69. The first-order chi connectivity index (χ1) is 9.08. The summed E-state index contributed by atoms with van der Waals surface area (Å²) in [5.74, 6) is -0.0400. The second-order valence-corrected chi connectivity index (χ2v) is 5.41. The van der Waals surface area contributed by atoms with Gasteiger partial charge in [-0.15, -0.1) is 0 Å². The number of hydrogen-bond acceptors (Lipinski definition) is 3. The van der Waals surface area contributed by atoms with Crippen molar-refractivity contribution in [2.75, 3.05) is 18.5 Å². The van der Waals surface area contributed by atoms with Crippen molar-refractivity contribution in [1.29, 1.82) is 0 Å². The number of amides is 1. The second kappa shape index (κ2) is 6.57. The summed E-state index contributed by atoms with van der Waals surface area (Å²) in [5.41, 5.74) is 6.58. The molecule has 2 rings (SSSR count). The van der Waals surface area contributed by atoms with Gasteiger partial charge in [-0.1, -0.05) is 23.2 Å². The maximum Gasteiger partial charge on any atom is 0.241 e. The number of nitrogens with one attached hydrogen (secondary N) is 1. The minimum Gasteiger partial charge on any atom is -0.381 e. The van der Waals surface area contributed by atoms with Crippen molar-refractivity contribution in [3.63, 3.8) is 0 Å². The summed E-state index contributed by atoms with van der Waals surface area (Å²) in [6, 6.07) is 4.42. The highest BCUT2D eigenvalue weighted by molar-refractivity contribution is 6.42. The molecule has 1 atom stereocenters. The summed E-state index contributed by atoms with van der Waals surface area (Å²) in [6.45, 7) is 1.33. The number of hydrogen-bond donors (Lipinski definition) is 2. The molecule has 4 nitrogen and oxygen atoms in total. The van der Waals surface area contributed by atoms with Gasteiger partial charge >= 0.3 is 0 Å². The fourth-order valence-corrected chi connectivity index (χ4v) is 2.39. The lowest BCUT2D eigenvalue weighted by Gasteiger charge is -2.26. The first-order valence-corrected chi connectivity index (χ1v) is 6.93. The fraction of sp³-hybridized carbons (Fsp3) is 0.462. The van der Waals surface area contributed by atoms with Crippen molar-refractivity contribution in [1.82, 2.24) is 0 Å². The van der Waals surface area contributed by atoms with Gasteiger partial charge in [0.15, 0.2) is 0 Å². The van der Waals surface area contributed by atoms with E-state index in [1.165, 1.54) is 0 Å². The number of nitrogens with two attached hydrogens (primary N) is 1. The van der Waals surface area contributed by atoms with Gasteiger partial charge in [0.2, 0.25) is 5.91 Å². The van der Waals surface area contributed by atoms with E-state index in [1.807, 2.05) is 0 Å². The van der Waals surface area contributed by atoms with E-state index in [0.717, 1.165) is 12.8 Å². The zero-order chi connectivity index (χ0) is 13.8. The number of benzene rings is 1. The van der Waals surface area contributed by atoms with Crippen LogP contribution in [0.5, 0.6) is 0 Å². The number of carbonyl (C=O) groups excluding carboxylic acids is 1. The summed E-state index contributed by atoms with van der Waals surface area (Å²) < 4.78 is 5.26. The van der Waals surface area contributed by atoms with Crippen LogP contribution < -0.4 is 11.1 Å². The quantitative estimate of drug-likeness (QED) is 0.902. The molecule has 1 aliphatic heterocycles. The highest BCUT2D eigenvalue weighted by Crippen LogP contribution is 2.25. The van der Waals surface area contributed by atoms with Crippen molar-refractivity contribution in [3.05, 3.63) is 28.2 Å². The van der Waals surface area contributed by atoms with E-state index in [0.29, 0.717) is 28.9 Å². The molecule has 0 saturated carbocycles. The Morgan fingerprint density at radius 2 is 2.00 bits per heavy atom. The Labute approximate surface area is 122 Å². The lowest BCUT2D eigenvalue weighted by Crippen LogP contribution is -2.43. The van der Waals surface area contributed by atoms with Gasteiger partial charge in [-0.3, -0.25) is 4.79 Å². The maximum atomic E-state index is 12.1. The van der Waals surface area contributed by atoms with Crippen LogP contribution in [0, 0.1) is 5.92 Å². The van der Waals surface area contributed by atoms with Gasteiger partial charge in [0.05, 0.1) is 16.1 Å². The van der Waals surface area contributed by atoms with E-state index in [9.17, 15) is 4.79 Å². The molecule has 6 heteroatoms. The highest BCUT2D eigenvalue weighted by Gasteiger charge is 2.26. The molecule has 1 fully saturated rings. The summed E-state index contributed by atoms with van der Waals surface area (Å²) >= 11 is 11.7. The van der Waals surface area contributed by atoms with E-state index in [2.05, 4.69) is 5.32 Å². The Bertz CT molecular complexity index is 462. The Balaban J connectivity index is 1.97. The number of carbonyl (C=O) groups is 1. The van der Waals surface area contributed by atoms with Crippen molar-refractivity contribution in [2.45, 2.75) is 18.9 Å². The van der Waals surface area contributed by atoms with Gasteiger partial charge in [-0.2, -0.15) is 0 Å². The first kappa shape index (κ1) is 14.6. The van der Waals surface area contributed by atoms with E-state index in [-0.39, 0.29) is 11.8 Å². The summed E-state index contributed by atoms with van der Waals surface area (Å²) in [6.07, 6.45) is 1.63. The van der Waals surface area contributed by atoms with Gasteiger partial charge in [0.1, 0.15) is 0 Å². The molecule has 1 amide bonds. The zero-order valence-corrected chi connectivity index (χ0v) is 11.9. The van der Waals surface area contributed by atoms with Gasteiger partial charge in [0, 0.05) is 18.9 Å². The minimum atomic E-state index is -0.529. The smallest absolute Gasteiger partial charge is 0.241 e. The molecular formula is C13H16Cl2N2O2. The molecule has 0 radical (unpaired) electrons. The van der Waals surface area contributed by atoms with Gasteiger partial charge in [-0.25, -0.2) is 0 Å². The van der Waals surface area contributed by atoms with Crippen molar-refractivity contribution in [2.24, 2.45) is 11.7 Å². The molecule has 1 aromatic rings. The van der Waals surface area contributed by atoms with Crippen molar-refractivity contribution in [3.8, 4) is 0 Å². The topological polar surface area (TPSA) is 64.4 Å². The van der Waals surface area contributed by atoms with Crippen molar-refractivity contribution >= 4 is 34.8 Å². The van der Waals surface area contributed by atoms with Crippen LogP contribution in [0.3, 0.4) is 0 Å². The Hall–Kier alpha value is -0.810. The van der Waals surface area contributed by atoms with Crippen LogP contribution in [0.1, 0.15) is 12.8 Å². The summed E-state index contributed by atoms with van der Waals surface area (Å²) in [5, 5.41) is 3.61. The molecule has 1 unspecified atom stereocenters. The molecule has 3 N–H and O–H groups in total.